The van der Waals surface area contributed by atoms with Crippen molar-refractivity contribution < 1.29 is 74.3 Å². The summed E-state index contributed by atoms with van der Waals surface area (Å²) in [5, 5.41) is 11.7. The molecule has 2 bridgehead atoms. The minimum Gasteiger partial charge on any atom is -0.437 e. The average molecular weight is 889 g/mol. The second-order valence-corrected chi connectivity index (χ2v) is 19.0. The first-order chi connectivity index (χ1) is 28.2. The van der Waals surface area contributed by atoms with E-state index in [1.807, 2.05) is 0 Å². The lowest BCUT2D eigenvalue weighted by atomic mass is 9.98. The van der Waals surface area contributed by atoms with E-state index < -0.39 is 114 Å². The maximum Gasteiger partial charge on any atom is 0.478 e. The van der Waals surface area contributed by atoms with Crippen LogP contribution in [0.2, 0.25) is 0 Å². The van der Waals surface area contributed by atoms with E-state index >= 15 is 4.39 Å². The molecule has 0 spiro atoms. The van der Waals surface area contributed by atoms with Crippen LogP contribution in [-0.4, -0.2) is 120 Å². The van der Waals surface area contributed by atoms with Crippen LogP contribution in [0.25, 0.3) is 22.3 Å². The predicted octanol–water partition coefficient (Wildman–Crippen LogP) is 2.48. The van der Waals surface area contributed by atoms with Crippen LogP contribution in [-0.2, 0) is 64.8 Å². The number of carbonyl (C=O) groups is 2. The van der Waals surface area contributed by atoms with Crippen molar-refractivity contribution in [3.8, 4) is 0 Å². The SMILES string of the molecule is CC(C)(C)C(=O)OCOP1(=O)OC[C@H]2O[C@@H](n3cnc4c(N)ncnc43)[C@@H](OP(=O)(OCOC(=O)C(C)(C)C)OC[C@H]3O[C@@H](n4cnc5c(N)ncnc54)[C@@H](F)C3O1)C2O. The highest BCUT2D eigenvalue weighted by Gasteiger charge is 2.56. The molecular weight excluding hydrogens is 845 g/mol. The van der Waals surface area contributed by atoms with E-state index in [1.54, 1.807) is 41.5 Å². The summed E-state index contributed by atoms with van der Waals surface area (Å²) in [7, 11) is -10.2. The van der Waals surface area contributed by atoms with Crippen molar-refractivity contribution >= 4 is 61.5 Å². The van der Waals surface area contributed by atoms with Crippen molar-refractivity contribution in [1.29, 1.82) is 0 Å². The number of hydrogen-bond donors (Lipinski definition) is 3. The van der Waals surface area contributed by atoms with E-state index in [0.29, 0.717) is 0 Å². The lowest BCUT2D eigenvalue weighted by Gasteiger charge is -2.28. The number of nitrogens with zero attached hydrogens (tertiary/aromatic N) is 8. The molecule has 0 aromatic carbocycles. The zero-order chi connectivity index (χ0) is 43.4. The van der Waals surface area contributed by atoms with Crippen molar-refractivity contribution in [1.82, 2.24) is 39.0 Å². The summed E-state index contributed by atoms with van der Waals surface area (Å²) in [5.41, 5.74) is 10.3. The Morgan fingerprint density at radius 2 is 1.20 bits per heavy atom. The number of carbonyl (C=O) groups excluding carboxylic acids is 2. The van der Waals surface area contributed by atoms with Gasteiger partial charge in [0.15, 0.2) is 41.6 Å². The Morgan fingerprint density at radius 1 is 0.750 bits per heavy atom. The van der Waals surface area contributed by atoms with Gasteiger partial charge in [-0.25, -0.2) is 52.5 Å². The molecule has 3 aliphatic heterocycles. The van der Waals surface area contributed by atoms with Crippen molar-refractivity contribution in [3.05, 3.63) is 25.3 Å². The van der Waals surface area contributed by atoms with Gasteiger partial charge in [0.2, 0.25) is 13.6 Å². The van der Waals surface area contributed by atoms with E-state index in [1.165, 1.54) is 17.2 Å². The van der Waals surface area contributed by atoms with Crippen molar-refractivity contribution in [2.75, 3.05) is 38.3 Å². The second-order valence-electron chi connectivity index (χ2n) is 15.7. The highest BCUT2D eigenvalue weighted by atomic mass is 31.2. The first-order valence-electron chi connectivity index (χ1n) is 18.2. The Morgan fingerprint density at radius 3 is 1.70 bits per heavy atom. The Labute approximate surface area is 339 Å². The molecule has 4 aromatic heterocycles. The van der Waals surface area contributed by atoms with Crippen molar-refractivity contribution in [3.63, 3.8) is 0 Å². The van der Waals surface area contributed by atoms with Gasteiger partial charge in [0.05, 0.1) is 36.7 Å². The fourth-order valence-electron chi connectivity index (χ4n) is 6.03. The van der Waals surface area contributed by atoms with E-state index in [4.69, 9.17) is 57.6 Å². The minimum absolute atomic E-state index is 0.00705. The molecule has 28 heteroatoms. The molecule has 60 heavy (non-hydrogen) atoms. The van der Waals surface area contributed by atoms with E-state index in [9.17, 15) is 23.8 Å². The molecule has 0 aliphatic carbocycles. The Balaban J connectivity index is 1.26. The Bertz CT molecular complexity index is 2340. The van der Waals surface area contributed by atoms with Gasteiger partial charge in [0.25, 0.3) is 0 Å². The molecule has 25 nitrogen and oxygen atoms in total. The summed E-state index contributed by atoms with van der Waals surface area (Å²) in [6, 6.07) is 0. The molecule has 3 saturated heterocycles. The van der Waals surface area contributed by atoms with Gasteiger partial charge in [0, 0.05) is 0 Å². The molecule has 10 atom stereocenters. The number of imidazole rings is 2. The summed E-state index contributed by atoms with van der Waals surface area (Å²) in [5.74, 6) is -1.54. The van der Waals surface area contributed by atoms with E-state index in [2.05, 4.69) is 29.9 Å². The number of phosphoric ester groups is 2. The normalized spacial score (nSPS) is 31.6. The molecule has 0 amide bonds. The van der Waals surface area contributed by atoms with Crippen LogP contribution < -0.4 is 11.5 Å². The third kappa shape index (κ3) is 8.85. The lowest BCUT2D eigenvalue weighted by Crippen LogP contribution is -2.36. The number of esters is 2. The number of nitrogens with two attached hydrogens (primary N) is 2. The van der Waals surface area contributed by atoms with Gasteiger partial charge < -0.3 is 35.5 Å². The van der Waals surface area contributed by atoms with Gasteiger partial charge >= 0.3 is 27.6 Å². The largest absolute Gasteiger partial charge is 0.478 e. The Hall–Kier alpha value is -4.33. The Kier molecular flexibility index (Phi) is 12.0. The fourth-order valence-corrected chi connectivity index (χ4v) is 8.52. The fraction of sp³-hybridized carbons (Fsp3) is 0.625. The molecule has 7 rings (SSSR count). The van der Waals surface area contributed by atoms with Gasteiger partial charge in [-0.2, -0.15) is 0 Å². The number of hydrogen-bond acceptors (Lipinski definition) is 23. The maximum atomic E-state index is 16.8. The highest BCUT2D eigenvalue weighted by Crippen LogP contribution is 2.58. The monoisotopic (exact) mass is 888 g/mol. The van der Waals surface area contributed by atoms with Crippen molar-refractivity contribution in [2.24, 2.45) is 10.8 Å². The molecule has 4 unspecified atom stereocenters. The molecule has 7 heterocycles. The number of alkyl halides is 1. The number of aliphatic hydroxyl groups is 1. The summed E-state index contributed by atoms with van der Waals surface area (Å²) in [4.78, 5) is 49.7. The highest BCUT2D eigenvalue weighted by molar-refractivity contribution is 7.48. The summed E-state index contributed by atoms with van der Waals surface area (Å²) >= 11 is 0. The number of rotatable bonds is 8. The van der Waals surface area contributed by atoms with Gasteiger partial charge in [-0.15, -0.1) is 0 Å². The number of halogens is 1. The van der Waals surface area contributed by atoms with Crippen LogP contribution in [0.15, 0.2) is 25.3 Å². The lowest BCUT2D eigenvalue weighted by molar-refractivity contribution is -0.162. The van der Waals surface area contributed by atoms with Crippen molar-refractivity contribution in [2.45, 2.75) is 90.7 Å². The minimum atomic E-state index is -5.08. The summed E-state index contributed by atoms with van der Waals surface area (Å²) in [6.45, 7) is 5.66. The molecule has 0 saturated carbocycles. The van der Waals surface area contributed by atoms with Crippen LogP contribution in [0.5, 0.6) is 0 Å². The molecule has 3 fully saturated rings. The van der Waals surface area contributed by atoms with Crippen LogP contribution in [0, 0.1) is 10.8 Å². The average Bonchev–Trinajstić information content (AvgIpc) is 3.94. The summed E-state index contributed by atoms with van der Waals surface area (Å²) in [6.07, 6.45) is -9.37. The number of nitrogen functional groups attached to an aromatic ring is 2. The number of phosphoric acid groups is 2. The van der Waals surface area contributed by atoms with Crippen LogP contribution in [0.3, 0.4) is 0 Å². The third-order valence-electron chi connectivity index (χ3n) is 9.22. The number of ether oxygens (including phenoxy) is 4. The molecule has 4 aromatic rings. The second kappa shape index (κ2) is 16.5. The van der Waals surface area contributed by atoms with Gasteiger partial charge in [-0.3, -0.25) is 36.8 Å². The van der Waals surface area contributed by atoms with Crippen LogP contribution >= 0.6 is 15.6 Å². The quantitative estimate of drug-likeness (QED) is 0.130. The number of fused-ring (bicyclic) bond motifs is 5. The number of aliphatic hydroxyl groups excluding tert-OH is 1. The van der Waals surface area contributed by atoms with Gasteiger partial charge in [-0.05, 0) is 41.5 Å². The van der Waals surface area contributed by atoms with Gasteiger partial charge in [-0.1, -0.05) is 0 Å². The van der Waals surface area contributed by atoms with Gasteiger partial charge in [0.1, 0.15) is 54.2 Å². The molecular formula is C32H43FN10O15P2. The van der Waals surface area contributed by atoms with Crippen LogP contribution in [0.1, 0.15) is 54.0 Å². The standard InChI is InChI=1S/C32H43FN10O15P2/c1-31(2,3)29(45)49-13-53-59(47)51-7-15-20(44)22(28(55-15)43-12-41-19-24(35)37-10-39-26(19)43)58-60(48,54-14-50-30(46)32(4,5)6)52-8-16-21(57-59)17(33)27(56-16)42-11-40-18-23(34)36-9-38-25(18)42/h9-12,15-17,20-22,27-28,44H,7-8,13-14H2,1-6H3,(H2,34,36,38)(H2,35,37,39)/t15-,16-,17+,20?,21?,22+,27-,28-,59?,60?/m1/s1. The number of aromatic nitrogens is 8. The zero-order valence-corrected chi connectivity index (χ0v) is 34.7. The van der Waals surface area contributed by atoms with E-state index in [0.717, 1.165) is 17.2 Å². The first kappa shape index (κ1) is 43.7. The molecule has 3 aliphatic rings. The zero-order valence-electron chi connectivity index (χ0n) is 32.9. The smallest absolute Gasteiger partial charge is 0.437 e. The molecule has 328 valence electrons. The van der Waals surface area contributed by atoms with E-state index in [-0.39, 0.29) is 34.0 Å². The third-order valence-corrected chi connectivity index (χ3v) is 12.0. The summed E-state index contributed by atoms with van der Waals surface area (Å²) < 4.78 is 105. The predicted molar refractivity (Wildman–Crippen MR) is 198 cm³/mol. The molecule has 5 N–H and O–H groups in total. The molecule has 0 radical (unpaired) electrons. The first-order valence-corrected chi connectivity index (χ1v) is 21.1. The maximum absolute atomic E-state index is 16.8. The topological polar surface area (TPSA) is 320 Å². The van der Waals surface area contributed by atoms with Crippen LogP contribution in [0.4, 0.5) is 16.0 Å². The number of anilines is 2.